The minimum absolute atomic E-state index is 0. The number of benzene rings is 5. The number of rotatable bonds is 33. The molecule has 2 aliphatic rings. The zero-order valence-corrected chi connectivity index (χ0v) is 63.5. The summed E-state index contributed by atoms with van der Waals surface area (Å²) < 4.78 is 0. The molecule has 13 N–H and O–H groups in total. The predicted octanol–water partition coefficient (Wildman–Crippen LogP) is 9.21. The van der Waals surface area contributed by atoms with E-state index in [1.54, 1.807) is 49.5 Å². The van der Waals surface area contributed by atoms with Crippen LogP contribution >= 0.6 is 34.0 Å². The van der Waals surface area contributed by atoms with Gasteiger partial charge in [0, 0.05) is 82.4 Å². The van der Waals surface area contributed by atoms with Crippen LogP contribution in [-0.4, -0.2) is 156 Å². The lowest BCUT2D eigenvalue weighted by Crippen LogP contribution is -2.57. The van der Waals surface area contributed by atoms with Crippen molar-refractivity contribution in [2.24, 2.45) is 11.7 Å². The van der Waals surface area contributed by atoms with Gasteiger partial charge in [0.05, 0.1) is 49.0 Å². The maximum absolute atomic E-state index is 14.4. The Balaban J connectivity index is 0.00000722. The number of hydrogen-bond donors (Lipinski definition) is 12. The van der Waals surface area contributed by atoms with Crippen LogP contribution in [0.15, 0.2) is 170 Å². The summed E-state index contributed by atoms with van der Waals surface area (Å²) in [5.74, 6) is -5.99. The van der Waals surface area contributed by atoms with Gasteiger partial charge in [-0.25, -0.2) is 9.97 Å². The quantitative estimate of drug-likeness (QED) is 0.0171. The van der Waals surface area contributed by atoms with E-state index in [4.69, 9.17) is 15.7 Å². The lowest BCUT2D eigenvalue weighted by Gasteiger charge is -2.29. The normalized spacial score (nSPS) is 12.1. The maximum atomic E-state index is 14.4. The number of nitrogens with zero attached hydrogens (tertiary/aromatic N) is 3. The fourth-order valence-corrected chi connectivity index (χ4v) is 12.6. The summed E-state index contributed by atoms with van der Waals surface area (Å²) in [5, 5.41) is 24.2. The smallest absolute Gasteiger partial charge is 0.243 e. The molecule has 558 valence electrons. The van der Waals surface area contributed by atoms with Crippen molar-refractivity contribution in [3.05, 3.63) is 198 Å². The molecule has 9 amide bonds. The summed E-state index contributed by atoms with van der Waals surface area (Å²) in [6.45, 7) is 2.90. The van der Waals surface area contributed by atoms with E-state index in [9.17, 15) is 43.2 Å². The van der Waals surface area contributed by atoms with Gasteiger partial charge in [-0.05, 0) is 141 Å². The van der Waals surface area contributed by atoms with Crippen molar-refractivity contribution in [2.45, 2.75) is 76.9 Å². The molecule has 8 bridgehead atoms. The van der Waals surface area contributed by atoms with E-state index in [0.717, 1.165) is 88.6 Å². The van der Waals surface area contributed by atoms with E-state index in [-0.39, 0.29) is 104 Å². The third kappa shape index (κ3) is 22.3. The van der Waals surface area contributed by atoms with Crippen molar-refractivity contribution in [1.82, 2.24) is 67.4 Å². The second kappa shape index (κ2) is 40.5. The fourth-order valence-electron chi connectivity index (χ4n) is 12.6. The molecule has 5 heterocycles. The number of nitrogens with two attached hydrogens (primary N) is 1. The highest BCUT2D eigenvalue weighted by Gasteiger charge is 2.35. The van der Waals surface area contributed by atoms with Crippen LogP contribution < -0.4 is 53.6 Å². The Morgan fingerprint density at radius 2 is 0.879 bits per heavy atom. The zero-order valence-electron chi connectivity index (χ0n) is 60.1. The van der Waals surface area contributed by atoms with E-state index in [0.29, 0.717) is 29.8 Å². The number of anilines is 1. The monoisotopic (exact) mass is 1580 g/mol. The van der Waals surface area contributed by atoms with Crippen molar-refractivity contribution in [3.63, 3.8) is 0 Å². The molecule has 0 radical (unpaired) electrons. The fraction of sp³-hybridized carbons (Fsp3) is 0.272. The Morgan fingerprint density at radius 3 is 1.34 bits per heavy atom. The number of aromatic amines is 2. The summed E-state index contributed by atoms with van der Waals surface area (Å²) in [5.41, 5.74) is 20.4. The zero-order chi connectivity index (χ0) is 74.2. The molecule has 0 saturated heterocycles. The standard InChI is InChI=1S/C81H89N15O9.2BrH/c1-51(2)45-66(79(103)87-48-71(99)86-44-43-85-70(98)47-83-3)95-80(104)67(46-52-19-9-5-10-20-52)94-72(100)49-88-81(105)68(27-17-18-42-82)96(74(102)50-84-4)73(101)41-40-69(97)89-57-30-28-56(29-31-57)78-64-38-36-62(92-64)76(54-23-13-7-14-24-54)60-34-32-58(90-60)75(53-21-11-6-12-22-53)59-33-35-61(91-59)77(55-25-15-8-16-26-55)63-37-39-65(78)93-63;;/h5-16,19-26,28-39,51,66-68,83-84,90,93H,17-18,27,40-50,82H2,1-4H3,(H,85,98)(H,86,99)(H,87,103)(H,88,105)(H,89,97)(H,94,100)(H,95,104);2*1H/t66-,67-,68-;;/m0../s1. The molecule has 3 atom stereocenters. The molecule has 26 heteroatoms. The molecular formula is C81H91Br2N15O9. The van der Waals surface area contributed by atoms with Crippen LogP contribution in [0.3, 0.4) is 0 Å². The molecule has 0 fully saturated rings. The molecule has 8 aromatic rings. The van der Waals surface area contributed by atoms with Crippen LogP contribution in [0.4, 0.5) is 5.69 Å². The van der Waals surface area contributed by atoms with E-state index in [1.807, 2.05) is 105 Å². The summed E-state index contributed by atoms with van der Waals surface area (Å²) in [6, 6.07) is 51.0. The molecule has 0 unspecified atom stereocenters. The van der Waals surface area contributed by atoms with Gasteiger partial charge >= 0.3 is 0 Å². The van der Waals surface area contributed by atoms with Gasteiger partial charge < -0.3 is 63.6 Å². The van der Waals surface area contributed by atoms with Gasteiger partial charge in [-0.1, -0.05) is 147 Å². The first kappa shape index (κ1) is 81.6. The van der Waals surface area contributed by atoms with E-state index in [1.165, 1.54) is 7.05 Å². The van der Waals surface area contributed by atoms with Gasteiger partial charge in [0.1, 0.15) is 18.1 Å². The number of imide groups is 1. The first-order chi connectivity index (χ1) is 51.0. The number of carbonyl (C=O) groups excluding carboxylic acids is 9. The molecule has 0 spiro atoms. The maximum Gasteiger partial charge on any atom is 0.243 e. The molecule has 5 aromatic carbocycles. The van der Waals surface area contributed by atoms with Gasteiger partial charge in [-0.15, -0.1) is 34.0 Å². The molecule has 0 saturated carbocycles. The van der Waals surface area contributed by atoms with Gasteiger partial charge in [0.15, 0.2) is 0 Å². The molecule has 3 aromatic heterocycles. The average Bonchev–Trinajstić information content (AvgIpc) is 1.62. The summed E-state index contributed by atoms with van der Waals surface area (Å²) in [7, 11) is 3.14. The molecular weight excluding hydrogens is 1490 g/mol. The van der Waals surface area contributed by atoms with Crippen molar-refractivity contribution in [3.8, 4) is 44.5 Å². The van der Waals surface area contributed by atoms with Crippen molar-refractivity contribution in [2.75, 3.05) is 65.2 Å². The molecule has 10 rings (SSSR count). The molecule has 2 aliphatic heterocycles. The van der Waals surface area contributed by atoms with Crippen LogP contribution in [0.25, 0.3) is 90.9 Å². The van der Waals surface area contributed by atoms with E-state index < -0.39 is 84.9 Å². The highest BCUT2D eigenvalue weighted by atomic mass is 79.9. The number of unbranched alkanes of at least 4 members (excludes halogenated alkanes) is 1. The van der Waals surface area contributed by atoms with Crippen LogP contribution in [-0.2, 0) is 49.6 Å². The lowest BCUT2D eigenvalue weighted by atomic mass is 10.0. The summed E-state index contributed by atoms with van der Waals surface area (Å²) in [4.78, 5) is 142. The number of amides is 9. The van der Waals surface area contributed by atoms with Crippen LogP contribution in [0.2, 0.25) is 0 Å². The number of carbonyl (C=O) groups is 9. The second-order valence-electron chi connectivity index (χ2n) is 25.9. The third-order valence-corrected chi connectivity index (χ3v) is 17.6. The number of aromatic nitrogens is 4. The van der Waals surface area contributed by atoms with Gasteiger partial charge in [-0.3, -0.25) is 48.1 Å². The number of H-pyrrole nitrogens is 2. The van der Waals surface area contributed by atoms with Gasteiger partial charge in [-0.2, -0.15) is 0 Å². The van der Waals surface area contributed by atoms with Crippen LogP contribution in [0, 0.1) is 5.92 Å². The number of likely N-dealkylation sites (N-methyl/N-ethyl adjacent to an activating group) is 2. The lowest BCUT2D eigenvalue weighted by molar-refractivity contribution is -0.152. The van der Waals surface area contributed by atoms with E-state index >= 15 is 0 Å². The van der Waals surface area contributed by atoms with Crippen LogP contribution in [0.1, 0.15) is 80.7 Å². The predicted molar refractivity (Wildman–Crippen MR) is 431 cm³/mol. The van der Waals surface area contributed by atoms with Gasteiger partial charge in [0.25, 0.3) is 0 Å². The Labute approximate surface area is 642 Å². The highest BCUT2D eigenvalue weighted by molar-refractivity contribution is 8.93. The van der Waals surface area contributed by atoms with Crippen LogP contribution in [0.5, 0.6) is 0 Å². The largest absolute Gasteiger partial charge is 0.354 e. The SMILES string of the molecule is Br.Br.CNCC(=O)NCCNC(=O)CNC(=O)[C@H](CC(C)C)NC(=O)[C@H](Cc1ccccc1)NC(=O)CNC(=O)[C@H](CCCCN)N(C(=O)CCC(=O)Nc1ccc(-c2c3nc(c(-c4ccccc4)c4ccc([nH]4)c(-c4ccccc4)c4nc(c(-c5ccccc5)c5ccc2[nH]5)C=C4)C=C3)cc1)C(=O)CNC. The highest BCUT2D eigenvalue weighted by Crippen LogP contribution is 2.39. The molecule has 0 aliphatic carbocycles. The van der Waals surface area contributed by atoms with Gasteiger partial charge in [0.2, 0.25) is 53.2 Å². The Kier molecular flexibility index (Phi) is 30.9. The number of hydrogen-bond acceptors (Lipinski definition) is 14. The second-order valence-corrected chi connectivity index (χ2v) is 25.9. The number of nitrogens with one attached hydrogen (secondary N) is 11. The topological polar surface area (TPSA) is 349 Å². The van der Waals surface area contributed by atoms with Crippen molar-refractivity contribution < 1.29 is 43.2 Å². The molecule has 107 heavy (non-hydrogen) atoms. The first-order valence-corrected chi connectivity index (χ1v) is 35.3. The Morgan fingerprint density at radius 1 is 0.439 bits per heavy atom. The number of fused-ring (bicyclic) bond motifs is 8. The van der Waals surface area contributed by atoms with E-state index in [2.05, 4.69) is 119 Å². The Bertz CT molecular complexity index is 4630. The number of halogens is 2. The van der Waals surface area contributed by atoms with Crippen molar-refractivity contribution >= 4 is 139 Å². The minimum Gasteiger partial charge on any atom is -0.354 e. The summed E-state index contributed by atoms with van der Waals surface area (Å²) >= 11 is 0. The van der Waals surface area contributed by atoms with Crippen molar-refractivity contribution in [1.29, 1.82) is 0 Å². The first-order valence-electron chi connectivity index (χ1n) is 35.3. The third-order valence-electron chi connectivity index (χ3n) is 17.6. The minimum atomic E-state index is -1.43. The average molecular weight is 1580 g/mol. The summed E-state index contributed by atoms with van der Waals surface area (Å²) in [6.07, 6.45) is 8.15. The molecule has 24 nitrogen and oxygen atoms in total. The Hall–Kier alpha value is -11.0.